The SMILES string of the molecule is CC(=O)c1nc(-c2ccc(CC(CCC(N)=O)NC(=O)c3ccc(OC(C)C)c(Cl)c3)cc2)cn1C. The molecule has 1 heterocycles. The fraction of sp³-hybridized carbons (Fsp3) is 0.333. The molecule has 8 nitrogen and oxygen atoms in total. The van der Waals surface area contributed by atoms with Crippen LogP contribution < -0.4 is 15.8 Å². The van der Waals surface area contributed by atoms with Gasteiger partial charge in [-0.05, 0) is 50.5 Å². The van der Waals surface area contributed by atoms with E-state index in [1.807, 2.05) is 44.3 Å². The van der Waals surface area contributed by atoms with Crippen LogP contribution in [0.3, 0.4) is 0 Å². The zero-order valence-electron chi connectivity index (χ0n) is 20.9. The molecule has 9 heteroatoms. The lowest BCUT2D eigenvalue weighted by atomic mass is 9.99. The second-order valence-corrected chi connectivity index (χ2v) is 9.41. The Balaban J connectivity index is 1.73. The summed E-state index contributed by atoms with van der Waals surface area (Å²) in [5.41, 5.74) is 8.30. The van der Waals surface area contributed by atoms with Gasteiger partial charge in [-0.25, -0.2) is 4.98 Å². The Morgan fingerprint density at radius 1 is 1.14 bits per heavy atom. The molecule has 0 saturated heterocycles. The number of hydrogen-bond acceptors (Lipinski definition) is 5. The van der Waals surface area contributed by atoms with Gasteiger partial charge < -0.3 is 20.4 Å². The molecule has 3 aromatic rings. The van der Waals surface area contributed by atoms with Crippen molar-refractivity contribution in [2.75, 3.05) is 0 Å². The highest BCUT2D eigenvalue weighted by molar-refractivity contribution is 6.32. The molecule has 1 aromatic heterocycles. The van der Waals surface area contributed by atoms with Crippen LogP contribution >= 0.6 is 11.6 Å². The zero-order chi connectivity index (χ0) is 26.4. The molecular weight excluding hydrogens is 480 g/mol. The molecule has 0 bridgehead atoms. The molecule has 2 amide bonds. The largest absolute Gasteiger partial charge is 0.489 e. The summed E-state index contributed by atoms with van der Waals surface area (Å²) < 4.78 is 7.33. The first-order chi connectivity index (χ1) is 17.0. The molecule has 1 atom stereocenters. The number of amides is 2. The van der Waals surface area contributed by atoms with Crippen molar-refractivity contribution in [3.8, 4) is 17.0 Å². The number of ether oxygens (including phenoxy) is 1. The van der Waals surface area contributed by atoms with Crippen LogP contribution in [0.5, 0.6) is 5.75 Å². The van der Waals surface area contributed by atoms with Gasteiger partial charge in [-0.2, -0.15) is 0 Å². The summed E-state index contributed by atoms with van der Waals surface area (Å²) in [5, 5.41) is 3.34. The maximum Gasteiger partial charge on any atom is 0.251 e. The van der Waals surface area contributed by atoms with E-state index >= 15 is 0 Å². The molecule has 1 unspecified atom stereocenters. The van der Waals surface area contributed by atoms with E-state index in [1.54, 1.807) is 29.8 Å². The lowest BCUT2D eigenvalue weighted by Gasteiger charge is -2.19. The van der Waals surface area contributed by atoms with Crippen LogP contribution in [0.1, 0.15) is 60.2 Å². The molecule has 0 spiro atoms. The maximum absolute atomic E-state index is 12.9. The minimum Gasteiger partial charge on any atom is -0.489 e. The molecule has 2 aromatic carbocycles. The van der Waals surface area contributed by atoms with Crippen molar-refractivity contribution in [1.29, 1.82) is 0 Å². The van der Waals surface area contributed by atoms with Crippen LogP contribution in [0.2, 0.25) is 5.02 Å². The van der Waals surface area contributed by atoms with Crippen molar-refractivity contribution >= 4 is 29.2 Å². The molecule has 0 radical (unpaired) electrons. The fourth-order valence-corrected chi connectivity index (χ4v) is 4.06. The molecule has 36 heavy (non-hydrogen) atoms. The second-order valence-electron chi connectivity index (χ2n) is 9.01. The van der Waals surface area contributed by atoms with Gasteiger partial charge in [-0.1, -0.05) is 35.9 Å². The number of carbonyl (C=O) groups excluding carboxylic acids is 3. The number of hydrogen-bond donors (Lipinski definition) is 2. The summed E-state index contributed by atoms with van der Waals surface area (Å²) in [6.07, 6.45) is 2.81. The Hall–Kier alpha value is -3.65. The average Bonchev–Trinajstić information content (AvgIpc) is 3.20. The van der Waals surface area contributed by atoms with Gasteiger partial charge in [0, 0.05) is 43.8 Å². The number of nitrogens with one attached hydrogen (secondary N) is 1. The predicted molar refractivity (Wildman–Crippen MR) is 139 cm³/mol. The van der Waals surface area contributed by atoms with Gasteiger partial charge in [-0.3, -0.25) is 14.4 Å². The Morgan fingerprint density at radius 2 is 1.83 bits per heavy atom. The number of halogens is 1. The minimum absolute atomic E-state index is 0.0411. The first-order valence-electron chi connectivity index (χ1n) is 11.7. The second kappa shape index (κ2) is 11.9. The first kappa shape index (κ1) is 26.9. The van der Waals surface area contributed by atoms with Gasteiger partial charge in [0.25, 0.3) is 5.91 Å². The standard InChI is InChI=1S/C27H31ClN4O4/c1-16(2)36-24-11-9-20(14-22(24)28)27(35)30-21(10-12-25(29)34)13-18-5-7-19(8-6-18)23-15-32(4)26(31-23)17(3)33/h5-9,11,14-16,21H,10,12-13H2,1-4H3,(H2,29,34)(H,30,35). The van der Waals surface area contributed by atoms with E-state index in [0.717, 1.165) is 11.1 Å². The van der Waals surface area contributed by atoms with E-state index in [9.17, 15) is 14.4 Å². The highest BCUT2D eigenvalue weighted by Gasteiger charge is 2.18. The smallest absolute Gasteiger partial charge is 0.251 e. The Bertz CT molecular complexity index is 1250. The van der Waals surface area contributed by atoms with Crippen LogP contribution in [0.25, 0.3) is 11.3 Å². The average molecular weight is 511 g/mol. The van der Waals surface area contributed by atoms with Gasteiger partial charge in [0.05, 0.1) is 16.8 Å². The number of aryl methyl sites for hydroxylation is 1. The van der Waals surface area contributed by atoms with Gasteiger partial charge >= 0.3 is 0 Å². The Kier molecular flexibility index (Phi) is 8.88. The molecular formula is C27H31ClN4O4. The normalized spacial score (nSPS) is 11.8. The molecule has 3 N–H and O–H groups in total. The summed E-state index contributed by atoms with van der Waals surface area (Å²) in [7, 11) is 1.78. The molecule has 0 aliphatic carbocycles. The predicted octanol–water partition coefficient (Wildman–Crippen LogP) is 4.34. The van der Waals surface area contributed by atoms with E-state index in [1.165, 1.54) is 6.92 Å². The number of nitrogens with zero attached hydrogens (tertiary/aromatic N) is 2. The van der Waals surface area contributed by atoms with Gasteiger partial charge in [0.1, 0.15) is 5.75 Å². The number of carbonyl (C=O) groups is 3. The molecule has 0 saturated carbocycles. The van der Waals surface area contributed by atoms with Gasteiger partial charge in [0.2, 0.25) is 5.91 Å². The molecule has 0 aliphatic heterocycles. The summed E-state index contributed by atoms with van der Waals surface area (Å²) >= 11 is 6.29. The molecule has 3 rings (SSSR count). The number of nitrogens with two attached hydrogens (primary N) is 1. The molecule has 190 valence electrons. The highest BCUT2D eigenvalue weighted by atomic mass is 35.5. The van der Waals surface area contributed by atoms with Crippen LogP contribution in [0.4, 0.5) is 0 Å². The number of imidazole rings is 1. The van der Waals surface area contributed by atoms with E-state index < -0.39 is 5.91 Å². The Labute approximate surface area is 215 Å². The summed E-state index contributed by atoms with van der Waals surface area (Å²) in [6, 6.07) is 12.3. The summed E-state index contributed by atoms with van der Waals surface area (Å²) in [6.45, 7) is 5.27. The zero-order valence-corrected chi connectivity index (χ0v) is 21.6. The van der Waals surface area contributed by atoms with Crippen molar-refractivity contribution in [2.24, 2.45) is 12.8 Å². The van der Waals surface area contributed by atoms with Gasteiger partial charge in [-0.15, -0.1) is 0 Å². The van der Waals surface area contributed by atoms with Crippen molar-refractivity contribution in [2.45, 2.75) is 52.2 Å². The number of primary amides is 1. The Morgan fingerprint density at radius 3 is 2.39 bits per heavy atom. The molecule has 0 aliphatic rings. The number of rotatable bonds is 11. The van der Waals surface area contributed by atoms with Crippen LogP contribution in [0, 0.1) is 0 Å². The van der Waals surface area contributed by atoms with E-state index in [0.29, 0.717) is 40.7 Å². The third-order valence-corrected chi connectivity index (χ3v) is 5.85. The fourth-order valence-electron chi connectivity index (χ4n) is 3.83. The van der Waals surface area contributed by atoms with Crippen molar-refractivity contribution in [3.63, 3.8) is 0 Å². The number of ketones is 1. The van der Waals surface area contributed by atoms with E-state index in [-0.39, 0.29) is 30.3 Å². The van der Waals surface area contributed by atoms with E-state index in [2.05, 4.69) is 10.3 Å². The molecule has 0 fully saturated rings. The van der Waals surface area contributed by atoms with Crippen LogP contribution in [-0.2, 0) is 18.3 Å². The number of benzene rings is 2. The van der Waals surface area contributed by atoms with Crippen LogP contribution in [-0.4, -0.2) is 39.3 Å². The number of Topliss-reactive ketones (excluding diaryl/α,β-unsaturated/α-hetero) is 1. The van der Waals surface area contributed by atoms with Crippen molar-refractivity contribution in [3.05, 3.63) is 70.6 Å². The summed E-state index contributed by atoms with van der Waals surface area (Å²) in [5.74, 6) is 0.0736. The minimum atomic E-state index is -0.431. The van der Waals surface area contributed by atoms with Crippen molar-refractivity contribution < 1.29 is 19.1 Å². The number of aromatic nitrogens is 2. The van der Waals surface area contributed by atoms with E-state index in [4.69, 9.17) is 22.1 Å². The lowest BCUT2D eigenvalue weighted by molar-refractivity contribution is -0.118. The van der Waals surface area contributed by atoms with Gasteiger partial charge in [0.15, 0.2) is 11.6 Å². The topological polar surface area (TPSA) is 116 Å². The lowest BCUT2D eigenvalue weighted by Crippen LogP contribution is -2.37. The highest BCUT2D eigenvalue weighted by Crippen LogP contribution is 2.27. The monoisotopic (exact) mass is 510 g/mol. The van der Waals surface area contributed by atoms with Crippen LogP contribution in [0.15, 0.2) is 48.7 Å². The first-order valence-corrected chi connectivity index (χ1v) is 12.1. The maximum atomic E-state index is 12.9. The third-order valence-electron chi connectivity index (χ3n) is 5.55. The third kappa shape index (κ3) is 7.18. The summed E-state index contributed by atoms with van der Waals surface area (Å²) in [4.78, 5) is 40.5. The quantitative estimate of drug-likeness (QED) is 0.372. The van der Waals surface area contributed by atoms with Crippen molar-refractivity contribution in [1.82, 2.24) is 14.9 Å².